The topological polar surface area (TPSA) is 0 Å². The van der Waals surface area contributed by atoms with Crippen molar-refractivity contribution in [2.45, 2.75) is 50.8 Å². The molecule has 1 heteroatoms. The minimum Gasteiger partial charge on any atom is -0.0669 e. The van der Waals surface area contributed by atoms with Crippen LogP contribution in [0.4, 0.5) is 0 Å². The van der Waals surface area contributed by atoms with E-state index in [0.717, 1.165) is 0 Å². The number of rotatable bonds is 0. The molecule has 0 aromatic heterocycles. The van der Waals surface area contributed by atoms with Crippen molar-refractivity contribution < 1.29 is 0 Å². The van der Waals surface area contributed by atoms with E-state index in [9.17, 15) is 0 Å². The molecule has 0 atom stereocenters. The summed E-state index contributed by atoms with van der Waals surface area (Å²) in [7, 11) is 2.42. The van der Waals surface area contributed by atoms with Crippen molar-refractivity contribution >= 4 is 7.85 Å². The van der Waals surface area contributed by atoms with Crippen LogP contribution in [0.3, 0.4) is 0 Å². The first-order chi connectivity index (χ1) is 7.17. The number of hydrogen-bond donors (Lipinski definition) is 0. The molecule has 80 valence electrons. The van der Waals surface area contributed by atoms with E-state index < -0.39 is 0 Å². The molecule has 15 heavy (non-hydrogen) atoms. The van der Waals surface area contributed by atoms with Gasteiger partial charge in [-0.05, 0) is 36.8 Å². The van der Waals surface area contributed by atoms with Gasteiger partial charge in [0.2, 0.25) is 0 Å². The second-order valence-corrected chi connectivity index (χ2v) is 5.64. The van der Waals surface area contributed by atoms with Gasteiger partial charge in [0.25, 0.3) is 0 Å². The van der Waals surface area contributed by atoms with E-state index in [1.165, 1.54) is 38.5 Å². The van der Waals surface area contributed by atoms with Crippen LogP contribution in [0.1, 0.15) is 43.7 Å². The summed E-state index contributed by atoms with van der Waals surface area (Å²) in [5, 5.41) is 0.558. The van der Waals surface area contributed by atoms with Gasteiger partial charge in [-0.15, -0.1) is 0 Å². The van der Waals surface area contributed by atoms with Crippen LogP contribution < -0.4 is 0 Å². The molecular weight excluding hydrogens is 179 g/mol. The molecule has 1 aromatic rings. The highest BCUT2D eigenvalue weighted by Gasteiger charge is 2.19. The summed E-state index contributed by atoms with van der Waals surface area (Å²) in [6, 6.07) is 8.99. The fourth-order valence-corrected chi connectivity index (χ4v) is 2.69. The molecule has 1 aliphatic rings. The largest absolute Gasteiger partial charge is 0.109 e. The molecule has 1 aromatic carbocycles. The molecule has 0 unspecified atom stereocenters. The summed E-state index contributed by atoms with van der Waals surface area (Å²) >= 11 is 0. The lowest BCUT2D eigenvalue weighted by Gasteiger charge is -2.23. The molecule has 0 nitrogen and oxygen atoms in total. The van der Waals surface area contributed by atoms with Gasteiger partial charge in [0, 0.05) is 0 Å². The van der Waals surface area contributed by atoms with Crippen molar-refractivity contribution in [1.29, 1.82) is 0 Å². The fraction of sp³-hybridized carbons (Fsp3) is 0.571. The van der Waals surface area contributed by atoms with Crippen LogP contribution in [-0.2, 0) is 12.8 Å². The van der Waals surface area contributed by atoms with Gasteiger partial charge in [0.1, 0.15) is 7.85 Å². The van der Waals surface area contributed by atoms with Crippen LogP contribution in [0, 0.1) is 0 Å². The van der Waals surface area contributed by atoms with Gasteiger partial charge >= 0.3 is 0 Å². The molecular formula is C14H21B. The van der Waals surface area contributed by atoms with E-state index >= 15 is 0 Å². The second-order valence-electron chi connectivity index (χ2n) is 5.64. The smallest absolute Gasteiger partial charge is 0.0669 e. The van der Waals surface area contributed by atoms with Gasteiger partial charge in [-0.25, -0.2) is 0 Å². The van der Waals surface area contributed by atoms with Crippen molar-refractivity contribution in [2.24, 2.45) is 0 Å². The Labute approximate surface area is 94.5 Å². The molecule has 0 N–H and O–H groups in total. The van der Waals surface area contributed by atoms with Crippen molar-refractivity contribution in [3.05, 3.63) is 35.4 Å². The van der Waals surface area contributed by atoms with E-state index in [1.807, 2.05) is 0 Å². The summed E-state index contributed by atoms with van der Waals surface area (Å²) in [6.07, 6.45) is 8.01. The third-order valence-corrected chi connectivity index (χ3v) is 3.72. The van der Waals surface area contributed by atoms with Crippen molar-refractivity contribution in [3.63, 3.8) is 0 Å². The minimum atomic E-state index is 0.558. The minimum absolute atomic E-state index is 0.558. The predicted octanol–water partition coefficient (Wildman–Crippen LogP) is 3.16. The highest BCUT2D eigenvalue weighted by Crippen LogP contribution is 2.35. The highest BCUT2D eigenvalue weighted by atomic mass is 14.2. The third kappa shape index (κ3) is 2.87. The van der Waals surface area contributed by atoms with Crippen LogP contribution >= 0.6 is 0 Å². The maximum atomic E-state index is 2.42. The Balaban J connectivity index is 2.15. The van der Waals surface area contributed by atoms with Crippen molar-refractivity contribution in [3.8, 4) is 0 Å². The molecule has 0 heterocycles. The molecule has 0 aliphatic heterocycles. The van der Waals surface area contributed by atoms with Crippen LogP contribution in [-0.4, -0.2) is 7.85 Å². The number of hydrogen-bond acceptors (Lipinski definition) is 0. The van der Waals surface area contributed by atoms with Crippen LogP contribution in [0.15, 0.2) is 24.3 Å². The maximum Gasteiger partial charge on any atom is 0.109 e. The third-order valence-electron chi connectivity index (χ3n) is 3.72. The summed E-state index contributed by atoms with van der Waals surface area (Å²) < 4.78 is 0. The normalized spacial score (nSPS) is 20.9. The molecule has 0 spiro atoms. The van der Waals surface area contributed by atoms with E-state index in [2.05, 4.69) is 39.0 Å². The lowest BCUT2D eigenvalue weighted by atomic mass is 9.64. The van der Waals surface area contributed by atoms with E-state index in [0.29, 0.717) is 5.31 Å². The molecule has 0 saturated heterocycles. The summed E-state index contributed by atoms with van der Waals surface area (Å²) in [5.41, 5.74) is 3.19. The Morgan fingerprint density at radius 1 is 1.00 bits per heavy atom. The van der Waals surface area contributed by atoms with Gasteiger partial charge in [0.15, 0.2) is 0 Å². The molecule has 0 amide bonds. The average Bonchev–Trinajstić information content (AvgIpc) is 2.25. The van der Waals surface area contributed by atoms with Crippen molar-refractivity contribution in [2.75, 3.05) is 0 Å². The SMILES string of the molecule is BC1(C)CCCc2ccccc2CCC1. The molecule has 1 aliphatic carbocycles. The molecule has 0 radical (unpaired) electrons. The molecule has 2 rings (SSSR count). The lowest BCUT2D eigenvalue weighted by molar-refractivity contribution is 0.490. The Bertz CT molecular complexity index is 297. The van der Waals surface area contributed by atoms with Crippen LogP contribution in [0.25, 0.3) is 0 Å². The number of fused-ring (bicyclic) bond motifs is 1. The zero-order chi connectivity index (χ0) is 10.7. The summed E-state index contributed by atoms with van der Waals surface area (Å²) in [6.45, 7) is 2.42. The number of benzene rings is 1. The molecule has 0 saturated carbocycles. The second kappa shape index (κ2) is 4.43. The Morgan fingerprint density at radius 3 is 1.93 bits per heavy atom. The predicted molar refractivity (Wildman–Crippen MR) is 69.2 cm³/mol. The number of aryl methyl sites for hydroxylation is 2. The van der Waals surface area contributed by atoms with Crippen LogP contribution in [0.2, 0.25) is 5.31 Å². The van der Waals surface area contributed by atoms with Gasteiger partial charge in [-0.2, -0.15) is 0 Å². The standard InChI is InChI=1S/C14H21B/c1-14(15)10-4-8-12-6-2-3-7-13(12)9-5-11-14/h2-3,6-7H,4-5,8-11,15H2,1H3. The molecule has 0 bridgehead atoms. The van der Waals surface area contributed by atoms with Gasteiger partial charge in [-0.1, -0.05) is 49.3 Å². The quantitative estimate of drug-likeness (QED) is 0.564. The van der Waals surface area contributed by atoms with Gasteiger partial charge in [0.05, 0.1) is 0 Å². The van der Waals surface area contributed by atoms with Crippen molar-refractivity contribution in [1.82, 2.24) is 0 Å². The Kier molecular flexibility index (Phi) is 3.18. The Morgan fingerprint density at radius 2 is 1.47 bits per heavy atom. The maximum absolute atomic E-state index is 2.42. The first-order valence-corrected chi connectivity index (χ1v) is 6.24. The zero-order valence-corrected chi connectivity index (χ0v) is 10.1. The van der Waals surface area contributed by atoms with E-state index in [1.54, 1.807) is 11.1 Å². The van der Waals surface area contributed by atoms with E-state index in [-0.39, 0.29) is 0 Å². The first kappa shape index (κ1) is 10.8. The van der Waals surface area contributed by atoms with Crippen LogP contribution in [0.5, 0.6) is 0 Å². The van der Waals surface area contributed by atoms with E-state index in [4.69, 9.17) is 0 Å². The Hall–Kier alpha value is -0.715. The first-order valence-electron chi connectivity index (χ1n) is 6.24. The zero-order valence-electron chi connectivity index (χ0n) is 10.1. The average molecular weight is 200 g/mol. The summed E-state index contributed by atoms with van der Waals surface area (Å²) in [4.78, 5) is 0. The lowest BCUT2D eigenvalue weighted by Crippen LogP contribution is -2.07. The highest BCUT2D eigenvalue weighted by molar-refractivity contribution is 6.14. The summed E-state index contributed by atoms with van der Waals surface area (Å²) in [5.74, 6) is 0. The van der Waals surface area contributed by atoms with Gasteiger partial charge in [-0.3, -0.25) is 0 Å². The van der Waals surface area contributed by atoms with Gasteiger partial charge < -0.3 is 0 Å². The fourth-order valence-electron chi connectivity index (χ4n) is 2.69. The monoisotopic (exact) mass is 200 g/mol. The molecule has 0 fully saturated rings.